The predicted molar refractivity (Wildman–Crippen MR) is 194 cm³/mol. The van der Waals surface area contributed by atoms with Crippen molar-refractivity contribution in [2.75, 3.05) is 42.4 Å². The van der Waals surface area contributed by atoms with Crippen LogP contribution in [0.1, 0.15) is 38.2 Å². The first-order valence-electron chi connectivity index (χ1n) is 17.1. The Hall–Kier alpha value is -5.37. The molecule has 7 rings (SSSR count). The van der Waals surface area contributed by atoms with Gasteiger partial charge in [-0.1, -0.05) is 36.4 Å². The first-order chi connectivity index (χ1) is 24.5. The van der Waals surface area contributed by atoms with E-state index in [9.17, 15) is 19.2 Å². The molecule has 2 heterocycles. The molecule has 4 unspecified atom stereocenters. The van der Waals surface area contributed by atoms with Crippen LogP contribution in [0.3, 0.4) is 0 Å². The minimum atomic E-state index is -0.942. The van der Waals surface area contributed by atoms with Gasteiger partial charge in [0.05, 0.1) is 48.3 Å². The summed E-state index contributed by atoms with van der Waals surface area (Å²) in [6.07, 6.45) is 3.63. The van der Waals surface area contributed by atoms with Crippen LogP contribution >= 0.6 is 0 Å². The summed E-state index contributed by atoms with van der Waals surface area (Å²) in [6, 6.07) is 18.3. The zero-order valence-electron chi connectivity index (χ0n) is 28.0. The van der Waals surface area contributed by atoms with Gasteiger partial charge in [0, 0.05) is 53.2 Å². The van der Waals surface area contributed by atoms with E-state index in [1.165, 1.54) is 12.2 Å². The molecule has 0 aromatic heterocycles. The van der Waals surface area contributed by atoms with E-state index in [0.717, 1.165) is 44.0 Å². The second kappa shape index (κ2) is 14.2. The van der Waals surface area contributed by atoms with Crippen molar-refractivity contribution in [3.63, 3.8) is 0 Å². The van der Waals surface area contributed by atoms with Gasteiger partial charge in [0.2, 0.25) is 0 Å². The number of ether oxygens (including phenoxy) is 2. The van der Waals surface area contributed by atoms with Crippen molar-refractivity contribution < 1.29 is 28.7 Å². The van der Waals surface area contributed by atoms with E-state index in [1.54, 1.807) is 0 Å². The Morgan fingerprint density at radius 1 is 0.700 bits per heavy atom. The van der Waals surface area contributed by atoms with E-state index in [2.05, 4.69) is 16.0 Å². The summed E-state index contributed by atoms with van der Waals surface area (Å²) in [6.45, 7) is 5.95. The second-order valence-electron chi connectivity index (χ2n) is 12.7. The van der Waals surface area contributed by atoms with Crippen molar-refractivity contribution >= 4 is 67.6 Å². The smallest absolute Gasteiger partial charge is 0.182 e. The number of hydrogen-bond acceptors (Lipinski definition) is 10. The zero-order chi connectivity index (χ0) is 34.8. The summed E-state index contributed by atoms with van der Waals surface area (Å²) >= 11 is 0. The van der Waals surface area contributed by atoms with Crippen molar-refractivity contribution in [2.45, 2.75) is 56.8 Å². The Morgan fingerprint density at radius 2 is 1.30 bits per heavy atom. The molecule has 1 aliphatic carbocycles. The number of benzene rings is 4. The van der Waals surface area contributed by atoms with Crippen LogP contribution in [-0.4, -0.2) is 74.0 Å². The van der Waals surface area contributed by atoms with E-state index in [-0.39, 0.29) is 41.3 Å². The van der Waals surface area contributed by atoms with Gasteiger partial charge in [-0.15, -0.1) is 0 Å². The highest BCUT2D eigenvalue weighted by Gasteiger charge is 2.46. The van der Waals surface area contributed by atoms with Gasteiger partial charge in [-0.3, -0.25) is 14.6 Å². The number of anilines is 3. The van der Waals surface area contributed by atoms with E-state index in [1.807, 2.05) is 86.4 Å². The van der Waals surface area contributed by atoms with Gasteiger partial charge < -0.3 is 25.4 Å². The largest absolute Gasteiger partial charge is 0.380 e. The number of ketones is 2. The standard InChI is InChI=1S/C40H38N4O6/c1-3-49-21-33-34(22-50-4-2)44-32-18-16-26(24-10-6-12-30(43-33)36(24)32)38-39(47)37(40(38)48)25-15-17-31-35-23(25)9-5-11-29(35)41-27(13-7-19-45)28(42-31)14-8-20-46/h5-12,15-18,27-28,33-34,37,41-43H,3-4,13-14,21-22H2,1-2H3. The van der Waals surface area contributed by atoms with Crippen LogP contribution in [0, 0.1) is 0 Å². The molecule has 0 radical (unpaired) electrons. The van der Waals surface area contributed by atoms with Crippen LogP contribution < -0.4 is 26.5 Å². The van der Waals surface area contributed by atoms with Crippen LogP contribution in [-0.2, 0) is 28.7 Å². The van der Waals surface area contributed by atoms with Crippen molar-refractivity contribution in [1.82, 2.24) is 0 Å². The zero-order valence-corrected chi connectivity index (χ0v) is 28.0. The molecule has 10 nitrogen and oxygen atoms in total. The lowest BCUT2D eigenvalue weighted by Gasteiger charge is -2.28. The van der Waals surface area contributed by atoms with Crippen molar-refractivity contribution in [1.29, 1.82) is 0 Å². The van der Waals surface area contributed by atoms with Gasteiger partial charge in [-0.2, -0.15) is 0 Å². The molecular formula is C40H38N4O6. The predicted octanol–water partition coefficient (Wildman–Crippen LogP) is 4.07. The van der Waals surface area contributed by atoms with Crippen LogP contribution in [0.15, 0.2) is 77.8 Å². The molecule has 0 saturated heterocycles. The summed E-state index contributed by atoms with van der Waals surface area (Å²) in [7, 11) is 0. The summed E-state index contributed by atoms with van der Waals surface area (Å²) < 4.78 is 11.6. The molecular weight excluding hydrogens is 632 g/mol. The highest BCUT2D eigenvalue weighted by Crippen LogP contribution is 2.43. The molecule has 3 aliphatic rings. The van der Waals surface area contributed by atoms with Crippen LogP contribution in [0.5, 0.6) is 0 Å². The van der Waals surface area contributed by atoms with Crippen LogP contribution in [0.2, 0.25) is 0 Å². The lowest BCUT2D eigenvalue weighted by molar-refractivity contribution is -0.129. The fourth-order valence-electron chi connectivity index (χ4n) is 7.51. The Labute approximate surface area is 288 Å². The number of carbonyl (C=O) groups is 2. The average Bonchev–Trinajstić information content (AvgIpc) is 3.38. The number of nitrogens with one attached hydrogen (secondary N) is 3. The number of hydrogen-bond donors (Lipinski definition) is 3. The third kappa shape index (κ3) is 5.82. The normalized spacial score (nSPS) is 22.1. The molecule has 0 amide bonds. The van der Waals surface area contributed by atoms with E-state index >= 15 is 0 Å². The fraction of sp³-hybridized carbons (Fsp3) is 0.325. The first kappa shape index (κ1) is 33.1. The number of carbonyl (C=O) groups excluding carboxylic acids is 4. The Morgan fingerprint density at radius 3 is 1.96 bits per heavy atom. The van der Waals surface area contributed by atoms with Gasteiger partial charge in [0.25, 0.3) is 0 Å². The Balaban J connectivity index is 1.30. The SMILES string of the molecule is CCOCC1N=c2ccc(=C3C(=O)C(c4ccc5c6c(cccc46)NC(CC=C=O)C(CC=C=O)N5)C3=O)c3cccc(c23)NC1COCC. The summed E-state index contributed by atoms with van der Waals surface area (Å²) in [4.78, 5) is 55.5. The van der Waals surface area contributed by atoms with Crippen molar-refractivity contribution in [3.05, 3.63) is 89.0 Å². The maximum absolute atomic E-state index is 14.1. The molecule has 1 fully saturated rings. The molecule has 50 heavy (non-hydrogen) atoms. The van der Waals surface area contributed by atoms with Crippen LogP contribution in [0.4, 0.5) is 17.1 Å². The maximum atomic E-state index is 14.1. The van der Waals surface area contributed by atoms with Crippen LogP contribution in [0.25, 0.3) is 27.1 Å². The Kier molecular flexibility index (Phi) is 9.44. The number of rotatable bonds is 11. The Bertz CT molecular complexity index is 2180. The van der Waals surface area contributed by atoms with E-state index < -0.39 is 5.92 Å². The quantitative estimate of drug-likeness (QED) is 0.160. The topological polar surface area (TPSA) is 135 Å². The third-order valence-corrected chi connectivity index (χ3v) is 9.87. The highest BCUT2D eigenvalue weighted by atomic mass is 16.5. The minimum absolute atomic E-state index is 0.123. The number of Topliss-reactive ketones (excluding diaryl/α,β-unsaturated/α-hetero) is 2. The van der Waals surface area contributed by atoms with Gasteiger partial charge in [-0.25, -0.2) is 9.59 Å². The fourth-order valence-corrected chi connectivity index (χ4v) is 7.51. The van der Waals surface area contributed by atoms with E-state index in [4.69, 9.17) is 14.5 Å². The first-order valence-corrected chi connectivity index (χ1v) is 17.1. The van der Waals surface area contributed by atoms with Gasteiger partial charge >= 0.3 is 0 Å². The molecule has 4 aromatic rings. The number of nitrogens with zero attached hydrogens (tertiary/aromatic N) is 1. The highest BCUT2D eigenvalue weighted by molar-refractivity contribution is 6.59. The average molecular weight is 671 g/mol. The van der Waals surface area contributed by atoms with Gasteiger partial charge in [0.1, 0.15) is 17.8 Å². The molecule has 10 heteroatoms. The summed E-state index contributed by atoms with van der Waals surface area (Å²) in [5.74, 6) is 2.29. The molecule has 1 saturated carbocycles. The molecule has 2 aliphatic heterocycles. The molecule has 0 spiro atoms. The maximum Gasteiger partial charge on any atom is 0.182 e. The lowest BCUT2D eigenvalue weighted by atomic mass is 9.70. The van der Waals surface area contributed by atoms with Gasteiger partial charge in [0.15, 0.2) is 11.6 Å². The third-order valence-electron chi connectivity index (χ3n) is 9.87. The molecule has 0 bridgehead atoms. The monoisotopic (exact) mass is 670 g/mol. The molecule has 254 valence electrons. The summed E-state index contributed by atoms with van der Waals surface area (Å²) in [5, 5.41) is 15.3. The van der Waals surface area contributed by atoms with Crippen molar-refractivity contribution in [3.8, 4) is 0 Å². The van der Waals surface area contributed by atoms with Gasteiger partial charge in [-0.05, 0) is 72.5 Å². The molecule has 3 N–H and O–H groups in total. The second-order valence-corrected chi connectivity index (χ2v) is 12.7. The lowest BCUT2D eigenvalue weighted by Crippen LogP contribution is -2.42. The van der Waals surface area contributed by atoms with Crippen molar-refractivity contribution in [2.24, 2.45) is 4.99 Å². The molecule has 4 atom stereocenters. The molecule has 4 aromatic carbocycles. The minimum Gasteiger partial charge on any atom is -0.380 e. The van der Waals surface area contributed by atoms with E-state index in [0.29, 0.717) is 50.1 Å². The summed E-state index contributed by atoms with van der Waals surface area (Å²) in [5.41, 5.74) is 3.30.